The van der Waals surface area contributed by atoms with Gasteiger partial charge in [0, 0.05) is 23.6 Å². The number of hydrogen-bond acceptors (Lipinski definition) is 3. The van der Waals surface area contributed by atoms with Crippen LogP contribution in [0.2, 0.25) is 0 Å². The number of nitrogens with one attached hydrogen (secondary N) is 2. The van der Waals surface area contributed by atoms with E-state index < -0.39 is 11.7 Å². The summed E-state index contributed by atoms with van der Waals surface area (Å²) in [6.45, 7) is 0.294. The molecular formula is C19H17FN2O3. The van der Waals surface area contributed by atoms with Crippen molar-refractivity contribution >= 4 is 22.6 Å². The highest BCUT2D eigenvalue weighted by molar-refractivity contribution is 6.45. The van der Waals surface area contributed by atoms with Gasteiger partial charge < -0.3 is 15.0 Å². The Balaban J connectivity index is 1.66. The van der Waals surface area contributed by atoms with Gasteiger partial charge in [-0.2, -0.15) is 0 Å². The second-order valence-corrected chi connectivity index (χ2v) is 5.58. The van der Waals surface area contributed by atoms with Gasteiger partial charge >= 0.3 is 0 Å². The Labute approximate surface area is 143 Å². The predicted octanol–water partition coefficient (Wildman–Crippen LogP) is 2.86. The molecule has 1 amide bonds. The highest BCUT2D eigenvalue weighted by atomic mass is 19.1. The quantitative estimate of drug-likeness (QED) is 0.535. The van der Waals surface area contributed by atoms with E-state index in [-0.39, 0.29) is 5.82 Å². The van der Waals surface area contributed by atoms with E-state index in [1.807, 2.05) is 0 Å². The Kier molecular flexibility index (Phi) is 4.79. The highest BCUT2D eigenvalue weighted by Gasteiger charge is 2.19. The van der Waals surface area contributed by atoms with E-state index in [0.717, 1.165) is 11.1 Å². The Morgan fingerprint density at radius 3 is 2.64 bits per heavy atom. The molecule has 0 aliphatic carbocycles. The number of carbonyl (C=O) groups excluding carboxylic acids is 2. The molecule has 1 aromatic heterocycles. The highest BCUT2D eigenvalue weighted by Crippen LogP contribution is 2.23. The summed E-state index contributed by atoms with van der Waals surface area (Å²) in [5.74, 6) is -0.986. The lowest BCUT2D eigenvalue weighted by molar-refractivity contribution is -0.116. The summed E-state index contributed by atoms with van der Waals surface area (Å²) in [5.41, 5.74) is 1.93. The van der Waals surface area contributed by atoms with Crippen molar-refractivity contribution in [1.29, 1.82) is 0 Å². The number of ketones is 1. The molecule has 3 aromatic rings. The molecule has 5 nitrogen and oxygen atoms in total. The number of methoxy groups -OCH3 is 1. The van der Waals surface area contributed by atoms with Crippen LogP contribution in [0, 0.1) is 5.82 Å². The third kappa shape index (κ3) is 3.68. The van der Waals surface area contributed by atoms with Gasteiger partial charge in [0.2, 0.25) is 0 Å². The lowest BCUT2D eigenvalue weighted by atomic mass is 10.1. The first kappa shape index (κ1) is 16.7. The number of halogens is 1. The molecule has 2 N–H and O–H groups in total. The van der Waals surface area contributed by atoms with Gasteiger partial charge in [-0.15, -0.1) is 0 Å². The maximum Gasteiger partial charge on any atom is 0.292 e. The van der Waals surface area contributed by atoms with Gasteiger partial charge in [0.05, 0.1) is 12.7 Å². The minimum Gasteiger partial charge on any atom is -0.497 e. The first-order chi connectivity index (χ1) is 12.1. The fraction of sp³-hybridized carbons (Fsp3) is 0.158. The van der Waals surface area contributed by atoms with Crippen molar-refractivity contribution < 1.29 is 18.7 Å². The maximum atomic E-state index is 12.9. The van der Waals surface area contributed by atoms with Crippen molar-refractivity contribution in [2.24, 2.45) is 0 Å². The molecular weight excluding hydrogens is 323 g/mol. The SMILES string of the molecule is COc1ccc2[nH]cc(C(=O)C(=O)NCCc3ccc(F)cc3)c2c1. The Morgan fingerprint density at radius 2 is 1.92 bits per heavy atom. The molecule has 0 saturated heterocycles. The van der Waals surface area contributed by atoms with Gasteiger partial charge in [-0.3, -0.25) is 9.59 Å². The van der Waals surface area contributed by atoms with Crippen LogP contribution in [0.15, 0.2) is 48.7 Å². The van der Waals surface area contributed by atoms with E-state index in [4.69, 9.17) is 4.74 Å². The van der Waals surface area contributed by atoms with Gasteiger partial charge in [0.1, 0.15) is 11.6 Å². The molecule has 0 spiro atoms. The van der Waals surface area contributed by atoms with Gasteiger partial charge in [-0.25, -0.2) is 4.39 Å². The summed E-state index contributed by atoms with van der Waals surface area (Å²) < 4.78 is 18.0. The predicted molar refractivity (Wildman–Crippen MR) is 92.3 cm³/mol. The number of ether oxygens (including phenoxy) is 1. The number of H-pyrrole nitrogens is 1. The molecule has 3 rings (SSSR count). The van der Waals surface area contributed by atoms with E-state index >= 15 is 0 Å². The number of aromatic amines is 1. The Morgan fingerprint density at radius 1 is 1.16 bits per heavy atom. The first-order valence-electron chi connectivity index (χ1n) is 7.80. The molecule has 25 heavy (non-hydrogen) atoms. The number of amides is 1. The van der Waals surface area contributed by atoms with Gasteiger partial charge in [0.15, 0.2) is 0 Å². The van der Waals surface area contributed by atoms with Crippen LogP contribution in [0.25, 0.3) is 10.9 Å². The third-order valence-electron chi connectivity index (χ3n) is 3.95. The van der Waals surface area contributed by atoms with Crippen molar-refractivity contribution in [2.45, 2.75) is 6.42 Å². The summed E-state index contributed by atoms with van der Waals surface area (Å²) in [6, 6.07) is 11.3. The number of fused-ring (bicyclic) bond motifs is 1. The zero-order chi connectivity index (χ0) is 17.8. The summed E-state index contributed by atoms with van der Waals surface area (Å²) in [6.07, 6.45) is 2.03. The fourth-order valence-electron chi connectivity index (χ4n) is 2.59. The average Bonchev–Trinajstić information content (AvgIpc) is 3.05. The smallest absolute Gasteiger partial charge is 0.292 e. The van der Waals surface area contributed by atoms with E-state index in [1.54, 1.807) is 30.3 Å². The van der Waals surface area contributed by atoms with E-state index in [2.05, 4.69) is 10.3 Å². The van der Waals surface area contributed by atoms with Crippen LogP contribution in [-0.4, -0.2) is 30.3 Å². The van der Waals surface area contributed by atoms with E-state index in [0.29, 0.717) is 29.7 Å². The molecule has 0 unspecified atom stereocenters. The Bertz CT molecular complexity index is 916. The van der Waals surface area contributed by atoms with Crippen molar-refractivity contribution in [3.05, 3.63) is 65.6 Å². The molecule has 0 aliphatic rings. The van der Waals surface area contributed by atoms with Crippen LogP contribution in [-0.2, 0) is 11.2 Å². The number of aromatic nitrogens is 1. The zero-order valence-electron chi connectivity index (χ0n) is 13.6. The molecule has 0 saturated carbocycles. The second kappa shape index (κ2) is 7.17. The normalized spacial score (nSPS) is 10.6. The molecule has 1 heterocycles. The third-order valence-corrected chi connectivity index (χ3v) is 3.95. The lowest BCUT2D eigenvalue weighted by Gasteiger charge is -2.05. The minimum atomic E-state index is -0.675. The van der Waals surface area contributed by atoms with Crippen LogP contribution >= 0.6 is 0 Å². The fourth-order valence-corrected chi connectivity index (χ4v) is 2.59. The molecule has 0 atom stereocenters. The molecule has 0 radical (unpaired) electrons. The molecule has 2 aromatic carbocycles. The van der Waals surface area contributed by atoms with E-state index in [1.165, 1.54) is 25.4 Å². The van der Waals surface area contributed by atoms with Crippen LogP contribution in [0.3, 0.4) is 0 Å². The zero-order valence-corrected chi connectivity index (χ0v) is 13.6. The minimum absolute atomic E-state index is 0.294. The second-order valence-electron chi connectivity index (χ2n) is 5.58. The molecule has 0 aliphatic heterocycles. The summed E-state index contributed by atoms with van der Waals surface area (Å²) in [4.78, 5) is 27.5. The van der Waals surface area contributed by atoms with Gasteiger partial charge in [-0.05, 0) is 42.3 Å². The van der Waals surface area contributed by atoms with Crippen LogP contribution < -0.4 is 10.1 Å². The Hall–Kier alpha value is -3.15. The number of rotatable bonds is 6. The topological polar surface area (TPSA) is 71.2 Å². The number of benzene rings is 2. The molecule has 128 valence electrons. The number of hydrogen-bond donors (Lipinski definition) is 2. The summed E-state index contributed by atoms with van der Waals surface area (Å²) in [5, 5.41) is 3.24. The van der Waals surface area contributed by atoms with Crippen LogP contribution in [0.5, 0.6) is 5.75 Å². The monoisotopic (exact) mass is 340 g/mol. The molecule has 0 fully saturated rings. The lowest BCUT2D eigenvalue weighted by Crippen LogP contribution is -2.32. The van der Waals surface area contributed by atoms with Crippen LogP contribution in [0.1, 0.15) is 15.9 Å². The number of carbonyl (C=O) groups is 2. The van der Waals surface area contributed by atoms with Gasteiger partial charge in [-0.1, -0.05) is 12.1 Å². The van der Waals surface area contributed by atoms with Gasteiger partial charge in [0.25, 0.3) is 11.7 Å². The average molecular weight is 340 g/mol. The van der Waals surface area contributed by atoms with Crippen molar-refractivity contribution in [3.8, 4) is 5.75 Å². The maximum absolute atomic E-state index is 12.9. The van der Waals surface area contributed by atoms with Crippen molar-refractivity contribution in [3.63, 3.8) is 0 Å². The largest absolute Gasteiger partial charge is 0.497 e. The number of Topliss-reactive ketones (excluding diaryl/α,β-unsaturated/α-hetero) is 1. The van der Waals surface area contributed by atoms with Crippen LogP contribution in [0.4, 0.5) is 4.39 Å². The summed E-state index contributed by atoms with van der Waals surface area (Å²) >= 11 is 0. The standard InChI is InChI=1S/C19H17FN2O3/c1-25-14-6-7-17-15(10-14)16(11-22-17)18(23)19(24)21-9-8-12-2-4-13(20)5-3-12/h2-7,10-11,22H,8-9H2,1H3,(H,21,24). The molecule has 0 bridgehead atoms. The van der Waals surface area contributed by atoms with E-state index in [9.17, 15) is 14.0 Å². The summed E-state index contributed by atoms with van der Waals surface area (Å²) in [7, 11) is 1.54. The molecule has 6 heteroatoms. The van der Waals surface area contributed by atoms with Crippen molar-refractivity contribution in [1.82, 2.24) is 10.3 Å². The first-order valence-corrected chi connectivity index (χ1v) is 7.80. The van der Waals surface area contributed by atoms with Crippen molar-refractivity contribution in [2.75, 3.05) is 13.7 Å².